The van der Waals surface area contributed by atoms with Gasteiger partial charge < -0.3 is 9.47 Å². The molecule has 0 atom stereocenters. The fourth-order valence-electron chi connectivity index (χ4n) is 2.27. The number of allylic oxidation sites excluding steroid dienone is 1. The van der Waals surface area contributed by atoms with E-state index in [0.29, 0.717) is 5.56 Å². The Bertz CT molecular complexity index is 781. The summed E-state index contributed by atoms with van der Waals surface area (Å²) in [5.74, 6) is -0.768. The second-order valence-corrected chi connectivity index (χ2v) is 7.00. The number of carbonyl (C=O) groups is 2. The van der Waals surface area contributed by atoms with Gasteiger partial charge in [-0.15, -0.1) is 0 Å². The van der Waals surface area contributed by atoms with Crippen molar-refractivity contribution in [3.05, 3.63) is 77.4 Å². The summed E-state index contributed by atoms with van der Waals surface area (Å²) in [6, 6.07) is 16.5. The van der Waals surface area contributed by atoms with E-state index in [1.54, 1.807) is 24.3 Å². The number of esters is 2. The molecule has 0 heterocycles. The van der Waals surface area contributed by atoms with E-state index in [1.807, 2.05) is 58.0 Å². The molecule has 2 rings (SSSR count). The highest BCUT2D eigenvalue weighted by atomic mass is 16.6. The molecule has 136 valence electrons. The molecule has 26 heavy (non-hydrogen) atoms. The minimum Gasteiger partial charge on any atom is -0.457 e. The molecule has 2 aromatic rings. The van der Waals surface area contributed by atoms with E-state index in [0.717, 1.165) is 16.7 Å². The van der Waals surface area contributed by atoms with Crippen LogP contribution in [0, 0.1) is 0 Å². The van der Waals surface area contributed by atoms with Crippen LogP contribution in [0.2, 0.25) is 0 Å². The summed E-state index contributed by atoms with van der Waals surface area (Å²) < 4.78 is 10.6. The van der Waals surface area contributed by atoms with Crippen molar-refractivity contribution in [2.24, 2.45) is 0 Å². The minimum absolute atomic E-state index is 0.235. The van der Waals surface area contributed by atoms with Gasteiger partial charge in [-0.3, -0.25) is 0 Å². The quantitative estimate of drug-likeness (QED) is 0.573. The van der Waals surface area contributed by atoms with Crippen LogP contribution in [0.1, 0.15) is 49.2 Å². The van der Waals surface area contributed by atoms with Crippen LogP contribution < -0.4 is 0 Å². The Labute approximate surface area is 154 Å². The van der Waals surface area contributed by atoms with Gasteiger partial charge in [0.25, 0.3) is 0 Å². The smallest absolute Gasteiger partial charge is 0.338 e. The van der Waals surface area contributed by atoms with Crippen molar-refractivity contribution in [2.75, 3.05) is 0 Å². The highest BCUT2D eigenvalue weighted by Crippen LogP contribution is 2.17. The van der Waals surface area contributed by atoms with Gasteiger partial charge in [0.15, 0.2) is 0 Å². The molecule has 0 aliphatic heterocycles. The van der Waals surface area contributed by atoms with Crippen LogP contribution in [0.5, 0.6) is 0 Å². The van der Waals surface area contributed by atoms with Crippen LogP contribution in [0.25, 0.3) is 5.57 Å². The van der Waals surface area contributed by atoms with E-state index in [4.69, 9.17) is 9.47 Å². The maximum Gasteiger partial charge on any atom is 0.338 e. The third kappa shape index (κ3) is 6.20. The molecular formula is C22H24O4. The number of hydrogen-bond acceptors (Lipinski definition) is 4. The maximum absolute atomic E-state index is 12.1. The number of benzene rings is 2. The second kappa shape index (κ2) is 8.48. The highest BCUT2D eigenvalue weighted by molar-refractivity contribution is 5.92. The first kappa shape index (κ1) is 19.4. The van der Waals surface area contributed by atoms with Gasteiger partial charge >= 0.3 is 11.9 Å². The van der Waals surface area contributed by atoms with Crippen molar-refractivity contribution in [3.8, 4) is 0 Å². The molecule has 0 aliphatic carbocycles. The third-order valence-corrected chi connectivity index (χ3v) is 3.53. The van der Waals surface area contributed by atoms with Gasteiger partial charge in [-0.2, -0.15) is 0 Å². The number of rotatable bonds is 5. The fourth-order valence-corrected chi connectivity index (χ4v) is 2.27. The molecule has 0 N–H and O–H groups in total. The molecule has 0 aliphatic rings. The molecule has 0 aromatic heterocycles. The molecule has 4 nitrogen and oxygen atoms in total. The minimum atomic E-state index is -0.528. The van der Waals surface area contributed by atoms with Crippen molar-refractivity contribution in [1.29, 1.82) is 0 Å². The fraction of sp³-hybridized carbons (Fsp3) is 0.273. The summed E-state index contributed by atoms with van der Waals surface area (Å²) in [4.78, 5) is 24.0. The summed E-state index contributed by atoms with van der Waals surface area (Å²) in [6.07, 6.45) is 1.45. The number of hydrogen-bond donors (Lipinski definition) is 0. The molecular weight excluding hydrogens is 328 g/mol. The normalized spacial score (nSPS) is 11.8. The molecule has 0 saturated heterocycles. The molecule has 2 aromatic carbocycles. The van der Waals surface area contributed by atoms with Crippen molar-refractivity contribution < 1.29 is 19.1 Å². The van der Waals surface area contributed by atoms with Crippen molar-refractivity contribution in [1.82, 2.24) is 0 Å². The van der Waals surface area contributed by atoms with E-state index in [-0.39, 0.29) is 18.5 Å². The first-order valence-corrected chi connectivity index (χ1v) is 8.47. The first-order valence-electron chi connectivity index (χ1n) is 8.47. The van der Waals surface area contributed by atoms with Crippen LogP contribution in [-0.2, 0) is 20.9 Å². The summed E-state index contributed by atoms with van der Waals surface area (Å²) in [5.41, 5.74) is 2.49. The molecule has 0 fully saturated rings. The predicted molar refractivity (Wildman–Crippen MR) is 101 cm³/mol. The molecule has 0 amide bonds. The Morgan fingerprint density at radius 3 is 2.08 bits per heavy atom. The van der Waals surface area contributed by atoms with E-state index >= 15 is 0 Å². The Kier molecular flexibility index (Phi) is 6.34. The third-order valence-electron chi connectivity index (χ3n) is 3.53. The monoisotopic (exact) mass is 352 g/mol. The van der Waals surface area contributed by atoms with Crippen LogP contribution in [0.15, 0.2) is 60.7 Å². The zero-order chi connectivity index (χ0) is 19.2. The highest BCUT2D eigenvalue weighted by Gasteiger charge is 2.15. The Balaban J connectivity index is 1.98. The molecule has 4 heteroatoms. The topological polar surface area (TPSA) is 52.6 Å². The SMILES string of the molecule is CC(=CC(=O)OC(C)(C)C)c1ccc(C(=O)OCc2ccccc2)cc1. The van der Waals surface area contributed by atoms with Gasteiger partial charge in [0.1, 0.15) is 12.2 Å². The molecule has 0 radical (unpaired) electrons. The first-order chi connectivity index (χ1) is 12.2. The second-order valence-electron chi connectivity index (χ2n) is 7.00. The van der Waals surface area contributed by atoms with Crippen molar-refractivity contribution in [3.63, 3.8) is 0 Å². The standard InChI is InChI=1S/C22H24O4/c1-16(14-20(23)26-22(2,3)4)18-10-12-19(13-11-18)21(24)25-15-17-8-6-5-7-9-17/h5-14H,15H2,1-4H3. The summed E-state index contributed by atoms with van der Waals surface area (Å²) >= 11 is 0. The molecule has 0 bridgehead atoms. The van der Waals surface area contributed by atoms with E-state index in [2.05, 4.69) is 0 Å². The van der Waals surface area contributed by atoms with Crippen LogP contribution in [-0.4, -0.2) is 17.5 Å². The Morgan fingerprint density at radius 2 is 1.50 bits per heavy atom. The molecule has 0 saturated carbocycles. The van der Waals surface area contributed by atoms with Crippen molar-refractivity contribution in [2.45, 2.75) is 39.9 Å². The van der Waals surface area contributed by atoms with Gasteiger partial charge in [-0.05, 0) is 56.5 Å². The number of ether oxygens (including phenoxy) is 2. The summed E-state index contributed by atoms with van der Waals surface area (Å²) in [7, 11) is 0. The van der Waals surface area contributed by atoms with Gasteiger partial charge in [0, 0.05) is 6.08 Å². The maximum atomic E-state index is 12.1. The van der Waals surface area contributed by atoms with Crippen LogP contribution in [0.3, 0.4) is 0 Å². The zero-order valence-corrected chi connectivity index (χ0v) is 15.6. The summed E-state index contributed by atoms with van der Waals surface area (Å²) in [6.45, 7) is 7.53. The van der Waals surface area contributed by atoms with Crippen LogP contribution >= 0.6 is 0 Å². The lowest BCUT2D eigenvalue weighted by atomic mass is 10.0. The zero-order valence-electron chi connectivity index (χ0n) is 15.6. The van der Waals surface area contributed by atoms with Gasteiger partial charge in [0.05, 0.1) is 5.56 Å². The lowest BCUT2D eigenvalue weighted by Gasteiger charge is -2.18. The van der Waals surface area contributed by atoms with E-state index in [9.17, 15) is 9.59 Å². The average Bonchev–Trinajstić information content (AvgIpc) is 2.59. The van der Waals surface area contributed by atoms with Gasteiger partial charge in [-0.1, -0.05) is 42.5 Å². The van der Waals surface area contributed by atoms with Gasteiger partial charge in [0.2, 0.25) is 0 Å². The lowest BCUT2D eigenvalue weighted by molar-refractivity contribution is -0.148. The molecule has 0 unspecified atom stereocenters. The lowest BCUT2D eigenvalue weighted by Crippen LogP contribution is -2.22. The summed E-state index contributed by atoms with van der Waals surface area (Å²) in [5, 5.41) is 0. The van der Waals surface area contributed by atoms with Crippen molar-refractivity contribution >= 4 is 17.5 Å². The van der Waals surface area contributed by atoms with E-state index in [1.165, 1.54) is 6.08 Å². The van der Waals surface area contributed by atoms with Crippen LogP contribution in [0.4, 0.5) is 0 Å². The van der Waals surface area contributed by atoms with Gasteiger partial charge in [-0.25, -0.2) is 9.59 Å². The Hall–Kier alpha value is -2.88. The number of carbonyl (C=O) groups excluding carboxylic acids is 2. The van der Waals surface area contributed by atoms with E-state index < -0.39 is 5.60 Å². The average molecular weight is 352 g/mol. The molecule has 0 spiro atoms. The largest absolute Gasteiger partial charge is 0.457 e. The predicted octanol–water partition coefficient (Wildman–Crippen LogP) is 4.79. The Morgan fingerprint density at radius 1 is 0.923 bits per heavy atom.